The van der Waals surface area contributed by atoms with E-state index in [1.807, 2.05) is 13.8 Å². The number of nitrogens with zero attached hydrogens (tertiary/aromatic N) is 1. The lowest BCUT2D eigenvalue weighted by Crippen LogP contribution is -2.49. The van der Waals surface area contributed by atoms with E-state index in [-0.39, 0.29) is 36.1 Å². The molecule has 0 radical (unpaired) electrons. The number of amides is 3. The molecule has 1 saturated carbocycles. The molecule has 8 heteroatoms. The first-order valence-corrected chi connectivity index (χ1v) is 11.3. The summed E-state index contributed by atoms with van der Waals surface area (Å²) in [6.07, 6.45) is 1.87. The monoisotopic (exact) mass is 447 g/mol. The predicted octanol–water partition coefficient (Wildman–Crippen LogP) is 3.42. The van der Waals surface area contributed by atoms with Crippen LogP contribution in [0.5, 0.6) is 5.75 Å². The molecule has 1 aromatic rings. The fourth-order valence-electron chi connectivity index (χ4n) is 3.54. The van der Waals surface area contributed by atoms with Crippen molar-refractivity contribution < 1.29 is 24.2 Å². The number of unbranched alkanes of at least 4 members (excludes halogenated alkanes) is 1. The molecular weight excluding hydrogens is 410 g/mol. The number of alkyl carbamates (subject to hydrolysis) is 1. The van der Waals surface area contributed by atoms with Crippen molar-refractivity contribution in [1.29, 1.82) is 0 Å². The van der Waals surface area contributed by atoms with Crippen LogP contribution >= 0.6 is 0 Å². The van der Waals surface area contributed by atoms with E-state index in [9.17, 15) is 19.5 Å². The van der Waals surface area contributed by atoms with Gasteiger partial charge in [-0.15, -0.1) is 0 Å². The van der Waals surface area contributed by atoms with E-state index in [1.54, 1.807) is 44.7 Å². The lowest BCUT2D eigenvalue weighted by molar-refractivity contribution is -0.141. The zero-order valence-corrected chi connectivity index (χ0v) is 20.0. The van der Waals surface area contributed by atoms with Gasteiger partial charge in [-0.3, -0.25) is 9.59 Å². The normalized spacial score (nSPS) is 18.4. The van der Waals surface area contributed by atoms with Gasteiger partial charge in [0.25, 0.3) is 0 Å². The number of benzene rings is 1. The third kappa shape index (κ3) is 7.14. The maximum Gasteiger partial charge on any atom is 0.408 e. The van der Waals surface area contributed by atoms with E-state index in [0.29, 0.717) is 17.7 Å². The van der Waals surface area contributed by atoms with Gasteiger partial charge in [0.2, 0.25) is 11.8 Å². The fraction of sp³-hybridized carbons (Fsp3) is 0.625. The van der Waals surface area contributed by atoms with Crippen LogP contribution in [0.15, 0.2) is 18.2 Å². The number of carbonyl (C=O) groups is 3. The fourth-order valence-corrected chi connectivity index (χ4v) is 3.54. The van der Waals surface area contributed by atoms with Gasteiger partial charge in [0.15, 0.2) is 0 Å². The average Bonchev–Trinajstić information content (AvgIpc) is 3.41. The van der Waals surface area contributed by atoms with Crippen LogP contribution in [0, 0.1) is 12.8 Å². The Morgan fingerprint density at radius 3 is 2.44 bits per heavy atom. The molecule has 1 aromatic carbocycles. The molecule has 1 aliphatic carbocycles. The van der Waals surface area contributed by atoms with Gasteiger partial charge in [0.1, 0.15) is 23.9 Å². The number of nitrogens with one attached hydrogen (secondary N) is 2. The van der Waals surface area contributed by atoms with Crippen LogP contribution in [0.4, 0.5) is 4.79 Å². The van der Waals surface area contributed by atoms with Gasteiger partial charge in [-0.05, 0) is 69.7 Å². The van der Waals surface area contributed by atoms with E-state index in [1.165, 1.54) is 6.07 Å². The topological polar surface area (TPSA) is 108 Å². The molecule has 3 N–H and O–H groups in total. The Morgan fingerprint density at radius 1 is 1.25 bits per heavy atom. The SMILES string of the molecule is CCCCNC(=O)C(c1ccc(O)c(C)c1)N(C(=O)CNC(=O)OC(C)(C)C)C1CC1C. The number of carbonyl (C=O) groups excluding carboxylic acids is 3. The first-order chi connectivity index (χ1) is 14.9. The molecule has 0 aromatic heterocycles. The number of aromatic hydroxyl groups is 1. The molecule has 3 amide bonds. The third-order valence-electron chi connectivity index (χ3n) is 5.39. The van der Waals surface area contributed by atoms with Crippen molar-refractivity contribution in [2.45, 2.75) is 78.5 Å². The van der Waals surface area contributed by atoms with Gasteiger partial charge in [-0.1, -0.05) is 26.3 Å². The Kier molecular flexibility index (Phi) is 8.52. The van der Waals surface area contributed by atoms with Crippen molar-refractivity contribution in [1.82, 2.24) is 15.5 Å². The first kappa shape index (κ1) is 25.5. The summed E-state index contributed by atoms with van der Waals surface area (Å²) in [5.74, 6) is -0.243. The molecule has 0 aliphatic heterocycles. The molecule has 3 unspecified atom stereocenters. The molecular formula is C24H37N3O5. The summed E-state index contributed by atoms with van der Waals surface area (Å²) in [7, 11) is 0. The first-order valence-electron chi connectivity index (χ1n) is 11.3. The van der Waals surface area contributed by atoms with Crippen molar-refractivity contribution in [3.63, 3.8) is 0 Å². The summed E-state index contributed by atoms with van der Waals surface area (Å²) in [4.78, 5) is 40.1. The Labute approximate surface area is 190 Å². The predicted molar refractivity (Wildman–Crippen MR) is 122 cm³/mol. The highest BCUT2D eigenvalue weighted by atomic mass is 16.6. The molecule has 178 valence electrons. The zero-order chi connectivity index (χ0) is 24.1. The van der Waals surface area contributed by atoms with Crippen LogP contribution < -0.4 is 10.6 Å². The van der Waals surface area contributed by atoms with Crippen molar-refractivity contribution in [3.05, 3.63) is 29.3 Å². The highest BCUT2D eigenvalue weighted by Gasteiger charge is 2.46. The average molecular weight is 448 g/mol. The van der Waals surface area contributed by atoms with E-state index in [2.05, 4.69) is 10.6 Å². The van der Waals surface area contributed by atoms with Gasteiger partial charge >= 0.3 is 6.09 Å². The van der Waals surface area contributed by atoms with E-state index in [0.717, 1.165) is 19.3 Å². The number of phenolic OH excluding ortho intramolecular Hbond substituents is 1. The van der Waals surface area contributed by atoms with Crippen LogP contribution in [-0.4, -0.2) is 52.6 Å². The molecule has 3 atom stereocenters. The number of hydrogen-bond donors (Lipinski definition) is 3. The van der Waals surface area contributed by atoms with Gasteiger partial charge in [0, 0.05) is 12.6 Å². The number of phenols is 1. The molecule has 1 aliphatic rings. The molecule has 2 rings (SSSR count). The minimum Gasteiger partial charge on any atom is -0.508 e. The summed E-state index contributed by atoms with van der Waals surface area (Å²) < 4.78 is 5.22. The van der Waals surface area contributed by atoms with Crippen LogP contribution in [0.3, 0.4) is 0 Å². The second-order valence-electron chi connectivity index (χ2n) is 9.53. The third-order valence-corrected chi connectivity index (χ3v) is 5.39. The largest absolute Gasteiger partial charge is 0.508 e. The van der Waals surface area contributed by atoms with Crippen molar-refractivity contribution in [3.8, 4) is 5.75 Å². The highest BCUT2D eigenvalue weighted by Crippen LogP contribution is 2.40. The molecule has 8 nitrogen and oxygen atoms in total. The van der Waals surface area contributed by atoms with E-state index in [4.69, 9.17) is 4.74 Å². The van der Waals surface area contributed by atoms with Crippen LogP contribution in [0.1, 0.15) is 71.0 Å². The van der Waals surface area contributed by atoms with Gasteiger partial charge in [-0.25, -0.2) is 4.79 Å². The van der Waals surface area contributed by atoms with Crippen molar-refractivity contribution >= 4 is 17.9 Å². The zero-order valence-electron chi connectivity index (χ0n) is 20.0. The van der Waals surface area contributed by atoms with E-state index < -0.39 is 17.7 Å². The molecule has 32 heavy (non-hydrogen) atoms. The molecule has 0 saturated heterocycles. The second kappa shape index (κ2) is 10.7. The number of aryl methyl sites for hydroxylation is 1. The molecule has 0 spiro atoms. The summed E-state index contributed by atoms with van der Waals surface area (Å²) in [5.41, 5.74) is 0.569. The Hall–Kier alpha value is -2.77. The molecule has 0 heterocycles. The second-order valence-corrected chi connectivity index (χ2v) is 9.53. The Bertz CT molecular complexity index is 833. The Morgan fingerprint density at radius 2 is 1.91 bits per heavy atom. The maximum absolute atomic E-state index is 13.3. The highest BCUT2D eigenvalue weighted by molar-refractivity contribution is 5.91. The summed E-state index contributed by atoms with van der Waals surface area (Å²) in [6.45, 7) is 11.3. The van der Waals surface area contributed by atoms with Crippen LogP contribution in [-0.2, 0) is 14.3 Å². The van der Waals surface area contributed by atoms with Gasteiger partial charge < -0.3 is 25.4 Å². The lowest BCUT2D eigenvalue weighted by Gasteiger charge is -2.32. The summed E-state index contributed by atoms with van der Waals surface area (Å²) in [5, 5.41) is 15.4. The van der Waals surface area contributed by atoms with Gasteiger partial charge in [0.05, 0.1) is 0 Å². The standard InChI is InChI=1S/C24H37N3O5/c1-7-8-11-25-22(30)21(17-9-10-19(28)16(3)12-17)27(18-13-15(18)2)20(29)14-26-23(31)32-24(4,5)6/h9-10,12,15,18,21,28H,7-8,11,13-14H2,1-6H3,(H,25,30)(H,26,31). The summed E-state index contributed by atoms with van der Waals surface area (Å²) >= 11 is 0. The smallest absolute Gasteiger partial charge is 0.408 e. The maximum atomic E-state index is 13.3. The van der Waals surface area contributed by atoms with Crippen molar-refractivity contribution in [2.75, 3.05) is 13.1 Å². The van der Waals surface area contributed by atoms with E-state index >= 15 is 0 Å². The number of rotatable bonds is 9. The Balaban J connectivity index is 2.29. The number of hydrogen-bond acceptors (Lipinski definition) is 5. The summed E-state index contributed by atoms with van der Waals surface area (Å²) in [6, 6.07) is 3.98. The minimum atomic E-state index is -0.853. The molecule has 0 bridgehead atoms. The lowest BCUT2D eigenvalue weighted by atomic mass is 10.0. The minimum absolute atomic E-state index is 0.0982. The molecule has 1 fully saturated rings. The van der Waals surface area contributed by atoms with Crippen LogP contribution in [0.25, 0.3) is 0 Å². The van der Waals surface area contributed by atoms with Crippen molar-refractivity contribution in [2.24, 2.45) is 5.92 Å². The van der Waals surface area contributed by atoms with Crippen LogP contribution in [0.2, 0.25) is 0 Å². The quantitative estimate of drug-likeness (QED) is 0.503. The van der Waals surface area contributed by atoms with Gasteiger partial charge in [-0.2, -0.15) is 0 Å². The number of ether oxygens (including phenoxy) is 1.